The summed E-state index contributed by atoms with van der Waals surface area (Å²) in [6, 6.07) is 16.7. The Balaban J connectivity index is 1.43. The lowest BCUT2D eigenvalue weighted by molar-refractivity contribution is -0.115. The first kappa shape index (κ1) is 18.8. The molecule has 4 rings (SSSR count). The van der Waals surface area contributed by atoms with Gasteiger partial charge in [-0.05, 0) is 59.5 Å². The smallest absolute Gasteiger partial charge is 0.289 e. The fourth-order valence-corrected chi connectivity index (χ4v) is 3.54. The van der Waals surface area contributed by atoms with Crippen molar-refractivity contribution in [3.8, 4) is 5.75 Å². The summed E-state index contributed by atoms with van der Waals surface area (Å²) < 4.78 is 10.4. The minimum atomic E-state index is -0.117. The minimum absolute atomic E-state index is 0.0995. The molecule has 0 fully saturated rings. The Morgan fingerprint density at radius 3 is 2.79 bits per heavy atom. The van der Waals surface area contributed by atoms with Crippen LogP contribution in [0.5, 0.6) is 5.75 Å². The summed E-state index contributed by atoms with van der Waals surface area (Å²) in [5, 5.41) is 2.95. The number of carbonyl (C=O) groups is 2. The van der Waals surface area contributed by atoms with E-state index in [2.05, 4.69) is 5.32 Å². The molecule has 6 heteroatoms. The van der Waals surface area contributed by atoms with E-state index in [0.717, 1.165) is 29.0 Å². The van der Waals surface area contributed by atoms with Gasteiger partial charge in [0.15, 0.2) is 5.76 Å². The molecule has 1 aromatic heterocycles. The van der Waals surface area contributed by atoms with Crippen molar-refractivity contribution < 1.29 is 18.7 Å². The Labute approximate surface area is 169 Å². The molecule has 0 atom stereocenters. The summed E-state index contributed by atoms with van der Waals surface area (Å²) in [5.74, 6) is 0.854. The second kappa shape index (κ2) is 8.22. The quantitative estimate of drug-likeness (QED) is 0.722. The van der Waals surface area contributed by atoms with Crippen molar-refractivity contribution >= 4 is 17.5 Å². The summed E-state index contributed by atoms with van der Waals surface area (Å²) >= 11 is 0. The van der Waals surface area contributed by atoms with Crippen LogP contribution in [0, 0.1) is 0 Å². The van der Waals surface area contributed by atoms with E-state index in [0.29, 0.717) is 18.8 Å². The van der Waals surface area contributed by atoms with Gasteiger partial charge in [0.25, 0.3) is 5.91 Å². The number of ether oxygens (including phenoxy) is 1. The van der Waals surface area contributed by atoms with Gasteiger partial charge in [0, 0.05) is 18.8 Å². The van der Waals surface area contributed by atoms with Gasteiger partial charge in [-0.25, -0.2) is 0 Å². The van der Waals surface area contributed by atoms with Crippen molar-refractivity contribution in [3.63, 3.8) is 0 Å². The van der Waals surface area contributed by atoms with Crippen LogP contribution in [0.1, 0.15) is 27.2 Å². The Morgan fingerprint density at radius 2 is 2.00 bits per heavy atom. The molecule has 0 saturated heterocycles. The molecule has 1 aliphatic rings. The number of anilines is 1. The highest BCUT2D eigenvalue weighted by Gasteiger charge is 2.23. The van der Waals surface area contributed by atoms with E-state index in [1.807, 2.05) is 42.5 Å². The molecule has 0 bridgehead atoms. The summed E-state index contributed by atoms with van der Waals surface area (Å²) in [5.41, 5.74) is 3.84. The Morgan fingerprint density at radius 1 is 1.10 bits per heavy atom. The van der Waals surface area contributed by atoms with Crippen LogP contribution in [0.15, 0.2) is 65.3 Å². The second-order valence-corrected chi connectivity index (χ2v) is 7.01. The lowest BCUT2D eigenvalue weighted by Crippen LogP contribution is -2.35. The zero-order valence-corrected chi connectivity index (χ0v) is 16.2. The molecule has 148 valence electrons. The van der Waals surface area contributed by atoms with Gasteiger partial charge in [0.05, 0.1) is 19.8 Å². The lowest BCUT2D eigenvalue weighted by Gasteiger charge is -2.28. The zero-order valence-electron chi connectivity index (χ0n) is 16.2. The Bertz CT molecular complexity index is 1030. The van der Waals surface area contributed by atoms with Gasteiger partial charge in [-0.2, -0.15) is 0 Å². The van der Waals surface area contributed by atoms with Gasteiger partial charge in [-0.1, -0.05) is 18.2 Å². The van der Waals surface area contributed by atoms with E-state index in [-0.39, 0.29) is 18.2 Å². The Hall–Kier alpha value is -3.54. The van der Waals surface area contributed by atoms with E-state index in [4.69, 9.17) is 9.15 Å². The first-order chi connectivity index (χ1) is 14.1. The van der Waals surface area contributed by atoms with Crippen molar-refractivity contribution in [2.75, 3.05) is 19.0 Å². The third-order valence-corrected chi connectivity index (χ3v) is 5.02. The van der Waals surface area contributed by atoms with E-state index < -0.39 is 0 Å². The van der Waals surface area contributed by atoms with Gasteiger partial charge in [-0.15, -0.1) is 0 Å². The number of rotatable bonds is 5. The molecule has 1 aliphatic heterocycles. The van der Waals surface area contributed by atoms with Crippen LogP contribution >= 0.6 is 0 Å². The molecule has 29 heavy (non-hydrogen) atoms. The number of hydrogen-bond acceptors (Lipinski definition) is 4. The summed E-state index contributed by atoms with van der Waals surface area (Å²) in [4.78, 5) is 26.8. The number of furan rings is 1. The van der Waals surface area contributed by atoms with Gasteiger partial charge in [0.2, 0.25) is 5.91 Å². The standard InChI is InChI=1S/C23H22N2O4/c1-28-20-5-2-4-16(12-20)13-22(26)24-19-8-7-17-9-10-25(15-18(17)14-19)23(27)21-6-3-11-29-21/h2-8,11-12,14H,9-10,13,15H2,1H3,(H,24,26). The van der Waals surface area contributed by atoms with Crippen molar-refractivity contribution in [2.24, 2.45) is 0 Å². The monoisotopic (exact) mass is 390 g/mol. The average Bonchev–Trinajstić information content (AvgIpc) is 3.27. The number of nitrogens with zero attached hydrogens (tertiary/aromatic N) is 1. The van der Waals surface area contributed by atoms with E-state index in [1.165, 1.54) is 11.8 Å². The molecule has 0 saturated carbocycles. The lowest BCUT2D eigenvalue weighted by atomic mass is 9.98. The van der Waals surface area contributed by atoms with Crippen LogP contribution in [-0.2, 0) is 24.2 Å². The predicted molar refractivity (Wildman–Crippen MR) is 109 cm³/mol. The maximum atomic E-state index is 12.5. The molecule has 2 amide bonds. The minimum Gasteiger partial charge on any atom is -0.497 e. The topological polar surface area (TPSA) is 71.8 Å². The third-order valence-electron chi connectivity index (χ3n) is 5.02. The normalized spacial score (nSPS) is 12.9. The first-order valence-electron chi connectivity index (χ1n) is 9.50. The van der Waals surface area contributed by atoms with Crippen LogP contribution in [0.25, 0.3) is 0 Å². The fourth-order valence-electron chi connectivity index (χ4n) is 3.54. The number of fused-ring (bicyclic) bond motifs is 1. The van der Waals surface area contributed by atoms with Crippen LogP contribution in [0.4, 0.5) is 5.69 Å². The SMILES string of the molecule is COc1cccc(CC(=O)Nc2ccc3c(c2)CN(C(=O)c2ccco2)CC3)c1. The number of methoxy groups -OCH3 is 1. The van der Waals surface area contributed by atoms with Crippen molar-refractivity contribution in [3.05, 3.63) is 83.3 Å². The molecule has 6 nitrogen and oxygen atoms in total. The predicted octanol–water partition coefficient (Wildman–Crippen LogP) is 3.67. The average molecular weight is 390 g/mol. The molecule has 2 heterocycles. The molecule has 0 unspecified atom stereocenters. The molecule has 3 aromatic rings. The van der Waals surface area contributed by atoms with Gasteiger partial charge in [0.1, 0.15) is 5.75 Å². The molecule has 0 spiro atoms. The van der Waals surface area contributed by atoms with Crippen molar-refractivity contribution in [1.29, 1.82) is 0 Å². The maximum Gasteiger partial charge on any atom is 0.289 e. The van der Waals surface area contributed by atoms with Gasteiger partial charge < -0.3 is 19.4 Å². The van der Waals surface area contributed by atoms with Crippen LogP contribution in [0.2, 0.25) is 0 Å². The molecule has 2 aromatic carbocycles. The molecular weight excluding hydrogens is 368 g/mol. The van der Waals surface area contributed by atoms with Crippen LogP contribution in [0.3, 0.4) is 0 Å². The second-order valence-electron chi connectivity index (χ2n) is 7.01. The summed E-state index contributed by atoms with van der Waals surface area (Å²) in [6.07, 6.45) is 2.54. The highest BCUT2D eigenvalue weighted by molar-refractivity contribution is 5.93. The largest absolute Gasteiger partial charge is 0.497 e. The number of carbonyl (C=O) groups excluding carboxylic acids is 2. The van der Waals surface area contributed by atoms with E-state index in [1.54, 1.807) is 24.1 Å². The maximum absolute atomic E-state index is 12.5. The van der Waals surface area contributed by atoms with Crippen molar-refractivity contribution in [2.45, 2.75) is 19.4 Å². The highest BCUT2D eigenvalue weighted by atomic mass is 16.5. The number of amides is 2. The van der Waals surface area contributed by atoms with Crippen molar-refractivity contribution in [1.82, 2.24) is 4.90 Å². The van der Waals surface area contributed by atoms with Gasteiger partial charge in [-0.3, -0.25) is 9.59 Å². The Kier molecular flexibility index (Phi) is 5.33. The number of benzene rings is 2. The van der Waals surface area contributed by atoms with E-state index >= 15 is 0 Å². The molecule has 1 N–H and O–H groups in total. The number of hydrogen-bond donors (Lipinski definition) is 1. The number of nitrogens with one attached hydrogen (secondary N) is 1. The zero-order chi connectivity index (χ0) is 20.2. The molecule has 0 radical (unpaired) electrons. The molecular formula is C23H22N2O4. The third kappa shape index (κ3) is 4.32. The first-order valence-corrected chi connectivity index (χ1v) is 9.50. The van der Waals surface area contributed by atoms with E-state index in [9.17, 15) is 9.59 Å². The summed E-state index contributed by atoms with van der Waals surface area (Å²) in [6.45, 7) is 1.14. The van der Waals surface area contributed by atoms with Gasteiger partial charge >= 0.3 is 0 Å². The van der Waals surface area contributed by atoms with Crippen LogP contribution in [-0.4, -0.2) is 30.4 Å². The van der Waals surface area contributed by atoms with Crippen LogP contribution < -0.4 is 10.1 Å². The summed E-state index contributed by atoms with van der Waals surface area (Å²) in [7, 11) is 1.60. The fraction of sp³-hybridized carbons (Fsp3) is 0.217. The highest BCUT2D eigenvalue weighted by Crippen LogP contribution is 2.24. The molecule has 0 aliphatic carbocycles.